The third-order valence-corrected chi connectivity index (χ3v) is 5.22. The normalized spacial score (nSPS) is 31.0. The minimum atomic E-state index is -0.783. The van der Waals surface area contributed by atoms with Gasteiger partial charge in [-0.05, 0) is 38.0 Å². The predicted octanol–water partition coefficient (Wildman–Crippen LogP) is 1.86. The highest BCUT2D eigenvalue weighted by molar-refractivity contribution is 5.80. The molecule has 2 N–H and O–H groups in total. The van der Waals surface area contributed by atoms with Crippen molar-refractivity contribution in [1.82, 2.24) is 10.2 Å². The number of carboxylic acid groups (broad SMARTS) is 1. The first kappa shape index (κ1) is 16.3. The van der Waals surface area contributed by atoms with E-state index in [1.54, 1.807) is 0 Å². The molecule has 5 heteroatoms. The fraction of sp³-hybridized carbons (Fsp3) is 0.875. The number of rotatable bonds is 5. The van der Waals surface area contributed by atoms with Crippen LogP contribution in [0.3, 0.4) is 0 Å². The minimum absolute atomic E-state index is 0.0475. The minimum Gasteiger partial charge on any atom is -0.480 e. The van der Waals surface area contributed by atoms with Crippen LogP contribution in [0.5, 0.6) is 0 Å². The van der Waals surface area contributed by atoms with E-state index in [1.165, 1.54) is 6.42 Å². The number of hydrogen-bond acceptors (Lipinski definition) is 3. The maximum Gasteiger partial charge on any atom is 0.320 e. The number of nitrogens with one attached hydrogen (secondary N) is 1. The Morgan fingerprint density at radius 1 is 1.24 bits per heavy atom. The molecular formula is C16H28N2O3. The van der Waals surface area contributed by atoms with Crippen LogP contribution >= 0.6 is 0 Å². The van der Waals surface area contributed by atoms with Gasteiger partial charge in [0.25, 0.3) is 0 Å². The molecule has 120 valence electrons. The number of aliphatic carboxylic acids is 1. The summed E-state index contributed by atoms with van der Waals surface area (Å²) >= 11 is 0. The van der Waals surface area contributed by atoms with Crippen molar-refractivity contribution in [2.75, 3.05) is 6.54 Å². The van der Waals surface area contributed by atoms with E-state index >= 15 is 0 Å². The predicted molar refractivity (Wildman–Crippen MR) is 80.9 cm³/mol. The van der Waals surface area contributed by atoms with Gasteiger partial charge >= 0.3 is 5.97 Å². The molecule has 2 aliphatic rings. The zero-order chi connectivity index (χ0) is 15.6. The molecule has 5 nitrogen and oxygen atoms in total. The number of fused-ring (bicyclic) bond motifs is 1. The Hall–Kier alpha value is -1.10. The second-order valence-electron chi connectivity index (χ2n) is 6.97. The van der Waals surface area contributed by atoms with Crippen molar-refractivity contribution in [2.24, 2.45) is 11.8 Å². The quantitative estimate of drug-likeness (QED) is 0.812. The van der Waals surface area contributed by atoms with Gasteiger partial charge in [-0.25, -0.2) is 0 Å². The summed E-state index contributed by atoms with van der Waals surface area (Å²) in [5.41, 5.74) is 0. The third kappa shape index (κ3) is 3.76. The van der Waals surface area contributed by atoms with E-state index in [-0.39, 0.29) is 24.5 Å². The van der Waals surface area contributed by atoms with Crippen LogP contribution in [0.15, 0.2) is 0 Å². The number of nitrogens with zero attached hydrogens (tertiary/aromatic N) is 1. The monoisotopic (exact) mass is 296 g/mol. The van der Waals surface area contributed by atoms with Crippen LogP contribution in [0, 0.1) is 11.8 Å². The zero-order valence-electron chi connectivity index (χ0n) is 13.3. The fourth-order valence-electron chi connectivity index (χ4n) is 3.66. The molecule has 4 atom stereocenters. The van der Waals surface area contributed by atoms with Crippen molar-refractivity contribution in [3.05, 3.63) is 0 Å². The summed E-state index contributed by atoms with van der Waals surface area (Å²) in [6.45, 7) is 6.34. The van der Waals surface area contributed by atoms with Gasteiger partial charge in [0.2, 0.25) is 5.91 Å². The lowest BCUT2D eigenvalue weighted by Gasteiger charge is -2.32. The molecule has 1 amide bonds. The first-order valence-electron chi connectivity index (χ1n) is 8.18. The van der Waals surface area contributed by atoms with E-state index in [9.17, 15) is 14.7 Å². The molecule has 1 saturated carbocycles. The zero-order valence-corrected chi connectivity index (χ0v) is 13.3. The number of amides is 1. The van der Waals surface area contributed by atoms with E-state index in [4.69, 9.17) is 0 Å². The molecule has 2 rings (SSSR count). The van der Waals surface area contributed by atoms with E-state index in [0.717, 1.165) is 19.3 Å². The Balaban J connectivity index is 2.01. The smallest absolute Gasteiger partial charge is 0.320 e. The van der Waals surface area contributed by atoms with E-state index in [2.05, 4.69) is 19.2 Å². The molecule has 0 aromatic heterocycles. The fourth-order valence-corrected chi connectivity index (χ4v) is 3.66. The van der Waals surface area contributed by atoms with Crippen LogP contribution in [-0.4, -0.2) is 46.6 Å². The Bertz CT molecular complexity index is 397. The first-order chi connectivity index (χ1) is 9.90. The Kier molecular flexibility index (Phi) is 5.25. The highest BCUT2D eigenvalue weighted by Crippen LogP contribution is 2.39. The van der Waals surface area contributed by atoms with Crippen molar-refractivity contribution < 1.29 is 14.7 Å². The standard InChI is InChI=1S/C16H28N2O3/c1-10(2)11(3)17-15(19)9-18-13-7-5-4-6-12(13)8-14(18)16(20)21/h10-14H,4-9H2,1-3H3,(H,17,19)(H,20,21). The van der Waals surface area contributed by atoms with Crippen LogP contribution in [0.2, 0.25) is 0 Å². The summed E-state index contributed by atoms with van der Waals surface area (Å²) in [7, 11) is 0. The Morgan fingerprint density at radius 3 is 2.52 bits per heavy atom. The maximum atomic E-state index is 12.2. The van der Waals surface area contributed by atoms with Gasteiger partial charge in [0.05, 0.1) is 6.54 Å². The van der Waals surface area contributed by atoms with E-state index < -0.39 is 12.0 Å². The molecule has 0 spiro atoms. The molecule has 1 aliphatic carbocycles. The van der Waals surface area contributed by atoms with Gasteiger partial charge in [-0.2, -0.15) is 0 Å². The topological polar surface area (TPSA) is 69.6 Å². The number of hydrogen-bond donors (Lipinski definition) is 2. The molecule has 2 fully saturated rings. The summed E-state index contributed by atoms with van der Waals surface area (Å²) in [6, 6.07) is -0.0938. The largest absolute Gasteiger partial charge is 0.480 e. The van der Waals surface area contributed by atoms with Crippen LogP contribution in [0.4, 0.5) is 0 Å². The van der Waals surface area contributed by atoms with Crippen LogP contribution in [-0.2, 0) is 9.59 Å². The lowest BCUT2D eigenvalue weighted by atomic mass is 9.85. The van der Waals surface area contributed by atoms with E-state index in [0.29, 0.717) is 18.3 Å². The molecule has 21 heavy (non-hydrogen) atoms. The van der Waals surface area contributed by atoms with E-state index in [1.807, 2.05) is 11.8 Å². The molecule has 1 heterocycles. The second kappa shape index (κ2) is 6.77. The average molecular weight is 296 g/mol. The molecule has 0 aromatic carbocycles. The number of carbonyl (C=O) groups excluding carboxylic acids is 1. The van der Waals surface area contributed by atoms with Gasteiger partial charge in [0.1, 0.15) is 6.04 Å². The van der Waals surface area contributed by atoms with Gasteiger partial charge in [0.15, 0.2) is 0 Å². The molecule has 0 radical (unpaired) electrons. The summed E-state index contributed by atoms with van der Waals surface area (Å²) in [4.78, 5) is 25.6. The molecular weight excluding hydrogens is 268 g/mol. The third-order valence-electron chi connectivity index (χ3n) is 5.22. The summed E-state index contributed by atoms with van der Waals surface area (Å²) < 4.78 is 0. The van der Waals surface area contributed by atoms with Gasteiger partial charge in [-0.3, -0.25) is 14.5 Å². The number of carboxylic acids is 1. The van der Waals surface area contributed by atoms with Crippen molar-refractivity contribution in [3.63, 3.8) is 0 Å². The molecule has 1 aliphatic heterocycles. The maximum absolute atomic E-state index is 12.2. The lowest BCUT2D eigenvalue weighted by Crippen LogP contribution is -2.49. The number of carbonyl (C=O) groups is 2. The lowest BCUT2D eigenvalue weighted by molar-refractivity contribution is -0.143. The van der Waals surface area contributed by atoms with Crippen molar-refractivity contribution >= 4 is 11.9 Å². The highest BCUT2D eigenvalue weighted by Gasteiger charge is 2.45. The van der Waals surface area contributed by atoms with Crippen molar-refractivity contribution in [1.29, 1.82) is 0 Å². The first-order valence-corrected chi connectivity index (χ1v) is 8.18. The van der Waals surface area contributed by atoms with Crippen LogP contribution in [0.25, 0.3) is 0 Å². The Morgan fingerprint density at radius 2 is 1.90 bits per heavy atom. The summed E-state index contributed by atoms with van der Waals surface area (Å²) in [5, 5.41) is 12.4. The summed E-state index contributed by atoms with van der Waals surface area (Å²) in [6.07, 6.45) is 5.18. The summed E-state index contributed by atoms with van der Waals surface area (Å²) in [5.74, 6) is 0.00295. The van der Waals surface area contributed by atoms with Gasteiger partial charge in [0, 0.05) is 12.1 Å². The molecule has 1 saturated heterocycles. The number of likely N-dealkylation sites (tertiary alicyclic amines) is 1. The van der Waals surface area contributed by atoms with Crippen molar-refractivity contribution in [3.8, 4) is 0 Å². The second-order valence-corrected chi connectivity index (χ2v) is 6.97. The molecule has 0 aromatic rings. The van der Waals surface area contributed by atoms with Crippen LogP contribution in [0.1, 0.15) is 52.9 Å². The van der Waals surface area contributed by atoms with Gasteiger partial charge in [-0.15, -0.1) is 0 Å². The van der Waals surface area contributed by atoms with Crippen LogP contribution < -0.4 is 5.32 Å². The average Bonchev–Trinajstić information content (AvgIpc) is 2.78. The Labute approximate surface area is 127 Å². The van der Waals surface area contributed by atoms with Gasteiger partial charge in [-0.1, -0.05) is 26.7 Å². The SMILES string of the molecule is CC(C)C(C)NC(=O)CN1C(C(=O)O)CC2CCCCC21. The van der Waals surface area contributed by atoms with Gasteiger partial charge < -0.3 is 10.4 Å². The molecule has 4 unspecified atom stereocenters. The highest BCUT2D eigenvalue weighted by atomic mass is 16.4. The van der Waals surface area contributed by atoms with Crippen molar-refractivity contribution in [2.45, 2.75) is 71.0 Å². The molecule has 0 bridgehead atoms.